The zero-order chi connectivity index (χ0) is 10.5. The summed E-state index contributed by atoms with van der Waals surface area (Å²) < 4.78 is 0. The lowest BCUT2D eigenvalue weighted by atomic mass is 9.94. The molecule has 1 fully saturated rings. The number of aromatic nitrogens is 1. The van der Waals surface area contributed by atoms with Gasteiger partial charge in [-0.3, -0.25) is 4.79 Å². The van der Waals surface area contributed by atoms with E-state index in [-0.39, 0.29) is 5.91 Å². The van der Waals surface area contributed by atoms with Crippen molar-refractivity contribution in [1.29, 1.82) is 0 Å². The maximum Gasteiger partial charge on any atom is 0.226 e. The first kappa shape index (κ1) is 10.6. The van der Waals surface area contributed by atoms with Gasteiger partial charge in [-0.25, -0.2) is 4.98 Å². The van der Waals surface area contributed by atoms with Gasteiger partial charge in [0.05, 0.1) is 0 Å². The lowest BCUT2D eigenvalue weighted by Gasteiger charge is -2.21. The summed E-state index contributed by atoms with van der Waals surface area (Å²) in [5, 5.41) is 8.67. The van der Waals surface area contributed by atoms with Crippen LogP contribution >= 0.6 is 11.3 Å². The third-order valence-corrected chi connectivity index (χ3v) is 3.30. The van der Waals surface area contributed by atoms with E-state index in [0.717, 1.165) is 25.9 Å². The monoisotopic (exact) mass is 225 g/mol. The molecule has 0 aliphatic carbocycles. The van der Waals surface area contributed by atoms with Crippen LogP contribution in [0.1, 0.15) is 19.3 Å². The fourth-order valence-electron chi connectivity index (χ4n) is 1.80. The van der Waals surface area contributed by atoms with Crippen molar-refractivity contribution in [3.63, 3.8) is 0 Å². The van der Waals surface area contributed by atoms with Gasteiger partial charge in [0.25, 0.3) is 0 Å². The molecule has 4 nitrogen and oxygen atoms in total. The van der Waals surface area contributed by atoms with Gasteiger partial charge in [0.15, 0.2) is 5.13 Å². The van der Waals surface area contributed by atoms with Crippen molar-refractivity contribution in [3.05, 3.63) is 11.6 Å². The predicted molar refractivity (Wildman–Crippen MR) is 61.0 cm³/mol. The SMILES string of the molecule is O=C(CC1CCNCC1)Nc1nccs1. The molecule has 1 aromatic heterocycles. The molecule has 82 valence electrons. The number of rotatable bonds is 3. The van der Waals surface area contributed by atoms with Gasteiger partial charge in [-0.1, -0.05) is 0 Å². The Morgan fingerprint density at radius 1 is 1.60 bits per heavy atom. The number of hydrogen-bond acceptors (Lipinski definition) is 4. The Morgan fingerprint density at radius 3 is 3.07 bits per heavy atom. The number of anilines is 1. The van der Waals surface area contributed by atoms with Gasteiger partial charge in [0, 0.05) is 18.0 Å². The van der Waals surface area contributed by atoms with Crippen LogP contribution in [0.5, 0.6) is 0 Å². The number of carbonyl (C=O) groups excluding carboxylic acids is 1. The maximum absolute atomic E-state index is 11.6. The first-order chi connectivity index (χ1) is 7.34. The summed E-state index contributed by atoms with van der Waals surface area (Å²) in [6.07, 6.45) is 4.53. The van der Waals surface area contributed by atoms with Crippen molar-refractivity contribution in [2.24, 2.45) is 5.92 Å². The van der Waals surface area contributed by atoms with Gasteiger partial charge in [0.2, 0.25) is 5.91 Å². The molecule has 0 aromatic carbocycles. The normalized spacial score (nSPS) is 17.6. The van der Waals surface area contributed by atoms with E-state index in [2.05, 4.69) is 15.6 Å². The molecule has 0 unspecified atom stereocenters. The highest BCUT2D eigenvalue weighted by Gasteiger charge is 2.16. The molecular weight excluding hydrogens is 210 g/mol. The summed E-state index contributed by atoms with van der Waals surface area (Å²) in [6.45, 7) is 2.07. The van der Waals surface area contributed by atoms with Gasteiger partial charge in [0.1, 0.15) is 0 Å². The van der Waals surface area contributed by atoms with Crippen LogP contribution < -0.4 is 10.6 Å². The summed E-state index contributed by atoms with van der Waals surface area (Å²) in [5.74, 6) is 0.628. The first-order valence-corrected chi connectivity index (χ1v) is 6.12. The minimum absolute atomic E-state index is 0.0943. The number of nitrogens with zero attached hydrogens (tertiary/aromatic N) is 1. The van der Waals surface area contributed by atoms with E-state index in [1.807, 2.05) is 5.38 Å². The second-order valence-corrected chi connectivity index (χ2v) is 4.68. The fraction of sp³-hybridized carbons (Fsp3) is 0.600. The highest BCUT2D eigenvalue weighted by molar-refractivity contribution is 7.13. The average molecular weight is 225 g/mol. The third-order valence-electron chi connectivity index (χ3n) is 2.61. The summed E-state index contributed by atoms with van der Waals surface area (Å²) in [5.41, 5.74) is 0. The molecule has 1 amide bonds. The molecule has 0 atom stereocenters. The fourth-order valence-corrected chi connectivity index (χ4v) is 2.35. The molecule has 0 bridgehead atoms. The molecule has 2 rings (SSSR count). The predicted octanol–water partition coefficient (Wildman–Crippen LogP) is 1.47. The third kappa shape index (κ3) is 3.28. The van der Waals surface area contributed by atoms with Crippen molar-refractivity contribution in [2.75, 3.05) is 18.4 Å². The quantitative estimate of drug-likeness (QED) is 0.819. The van der Waals surface area contributed by atoms with E-state index in [9.17, 15) is 4.79 Å². The van der Waals surface area contributed by atoms with E-state index >= 15 is 0 Å². The Morgan fingerprint density at radius 2 is 2.40 bits per heavy atom. The van der Waals surface area contributed by atoms with Crippen molar-refractivity contribution < 1.29 is 4.79 Å². The summed E-state index contributed by atoms with van der Waals surface area (Å²) in [7, 11) is 0. The van der Waals surface area contributed by atoms with Crippen LogP contribution in [-0.4, -0.2) is 24.0 Å². The van der Waals surface area contributed by atoms with E-state index in [4.69, 9.17) is 0 Å². The van der Waals surface area contributed by atoms with Gasteiger partial charge in [-0.05, 0) is 31.8 Å². The largest absolute Gasteiger partial charge is 0.317 e. The van der Waals surface area contributed by atoms with E-state index in [1.54, 1.807) is 6.20 Å². The van der Waals surface area contributed by atoms with Crippen LogP contribution in [0.25, 0.3) is 0 Å². The second-order valence-electron chi connectivity index (χ2n) is 3.78. The van der Waals surface area contributed by atoms with E-state index in [0.29, 0.717) is 17.5 Å². The Labute approximate surface area is 93.1 Å². The molecule has 1 aromatic rings. The molecule has 0 radical (unpaired) electrons. The lowest BCUT2D eigenvalue weighted by Crippen LogP contribution is -2.30. The number of carbonyl (C=O) groups is 1. The Kier molecular flexibility index (Phi) is 3.69. The standard InChI is InChI=1S/C10H15N3OS/c14-9(13-10-12-5-6-15-10)7-8-1-3-11-4-2-8/h5-6,8,11H,1-4,7H2,(H,12,13,14). The summed E-state index contributed by atoms with van der Waals surface area (Å²) in [4.78, 5) is 15.6. The number of hydrogen-bond donors (Lipinski definition) is 2. The summed E-state index contributed by atoms with van der Waals surface area (Å²) >= 11 is 1.46. The van der Waals surface area contributed by atoms with Gasteiger partial charge >= 0.3 is 0 Å². The molecule has 2 N–H and O–H groups in total. The highest BCUT2D eigenvalue weighted by atomic mass is 32.1. The maximum atomic E-state index is 11.6. The van der Waals surface area contributed by atoms with Gasteiger partial charge < -0.3 is 10.6 Å². The van der Waals surface area contributed by atoms with Gasteiger partial charge in [-0.2, -0.15) is 0 Å². The van der Waals surface area contributed by atoms with Crippen LogP contribution in [0.3, 0.4) is 0 Å². The number of piperidine rings is 1. The minimum atomic E-state index is 0.0943. The lowest BCUT2D eigenvalue weighted by molar-refractivity contribution is -0.117. The van der Waals surface area contributed by atoms with Crippen molar-refractivity contribution in [1.82, 2.24) is 10.3 Å². The number of nitrogens with one attached hydrogen (secondary N) is 2. The summed E-state index contributed by atoms with van der Waals surface area (Å²) in [6, 6.07) is 0. The topological polar surface area (TPSA) is 54.0 Å². The van der Waals surface area contributed by atoms with E-state index in [1.165, 1.54) is 11.3 Å². The Hall–Kier alpha value is -0.940. The second kappa shape index (κ2) is 5.23. The van der Waals surface area contributed by atoms with E-state index < -0.39 is 0 Å². The molecule has 5 heteroatoms. The van der Waals surface area contributed by atoms with Crippen LogP contribution in [0.2, 0.25) is 0 Å². The smallest absolute Gasteiger partial charge is 0.226 e. The van der Waals surface area contributed by atoms with Crippen LogP contribution in [0, 0.1) is 5.92 Å². The Bertz CT molecular complexity index is 306. The van der Waals surface area contributed by atoms with Crippen LogP contribution in [0.4, 0.5) is 5.13 Å². The number of amides is 1. The molecule has 0 saturated carbocycles. The van der Waals surface area contributed by atoms with Gasteiger partial charge in [-0.15, -0.1) is 11.3 Å². The zero-order valence-electron chi connectivity index (χ0n) is 8.53. The molecular formula is C10H15N3OS. The van der Waals surface area contributed by atoms with Crippen molar-refractivity contribution in [3.8, 4) is 0 Å². The highest BCUT2D eigenvalue weighted by Crippen LogP contribution is 2.17. The molecule has 15 heavy (non-hydrogen) atoms. The van der Waals surface area contributed by atoms with Crippen LogP contribution in [0.15, 0.2) is 11.6 Å². The molecule has 1 aliphatic heterocycles. The zero-order valence-corrected chi connectivity index (χ0v) is 9.35. The minimum Gasteiger partial charge on any atom is -0.317 e. The molecule has 2 heterocycles. The molecule has 1 aliphatic rings. The Balaban J connectivity index is 1.76. The number of thiazole rings is 1. The van der Waals surface area contributed by atoms with Crippen molar-refractivity contribution in [2.45, 2.75) is 19.3 Å². The molecule has 1 saturated heterocycles. The molecule has 0 spiro atoms. The van der Waals surface area contributed by atoms with Crippen LogP contribution in [-0.2, 0) is 4.79 Å². The average Bonchev–Trinajstić information content (AvgIpc) is 2.71. The first-order valence-electron chi connectivity index (χ1n) is 5.24. The van der Waals surface area contributed by atoms with Crippen molar-refractivity contribution >= 4 is 22.4 Å².